The van der Waals surface area contributed by atoms with E-state index in [1.54, 1.807) is 12.2 Å². The molecule has 2 aliphatic rings. The highest BCUT2D eigenvalue weighted by Gasteiger charge is 2.45. The van der Waals surface area contributed by atoms with Crippen molar-refractivity contribution in [3.63, 3.8) is 0 Å². The van der Waals surface area contributed by atoms with E-state index in [1.165, 1.54) is 6.07 Å². The molecule has 0 spiro atoms. The number of hydrogen-bond donors (Lipinski definition) is 2. The Kier molecular flexibility index (Phi) is 3.16. The molecule has 1 aromatic carbocycles. The van der Waals surface area contributed by atoms with Crippen molar-refractivity contribution in [2.24, 2.45) is 5.92 Å². The molecule has 0 unspecified atom stereocenters. The van der Waals surface area contributed by atoms with Crippen LogP contribution in [0.4, 0.5) is 18.9 Å². The van der Waals surface area contributed by atoms with E-state index in [0.29, 0.717) is 12.0 Å². The number of aliphatic carboxylic acids is 1. The Labute approximate surface area is 123 Å². The van der Waals surface area contributed by atoms with Gasteiger partial charge in [0.1, 0.15) is 6.04 Å². The molecule has 3 rings (SSSR count). The zero-order chi connectivity index (χ0) is 15.4. The van der Waals surface area contributed by atoms with E-state index in [4.69, 9.17) is 11.6 Å². The molecule has 7 heteroatoms. The second kappa shape index (κ2) is 4.66. The van der Waals surface area contributed by atoms with Gasteiger partial charge in [-0.1, -0.05) is 23.8 Å². The molecule has 21 heavy (non-hydrogen) atoms. The molecule has 0 radical (unpaired) electrons. The monoisotopic (exact) mass is 317 g/mol. The molecule has 0 amide bonds. The Morgan fingerprint density at radius 3 is 2.71 bits per heavy atom. The highest BCUT2D eigenvalue weighted by atomic mass is 35.5. The molecule has 1 aliphatic carbocycles. The minimum absolute atomic E-state index is 0.213. The second-order valence-corrected chi connectivity index (χ2v) is 5.60. The van der Waals surface area contributed by atoms with Crippen molar-refractivity contribution in [3.05, 3.63) is 40.4 Å². The van der Waals surface area contributed by atoms with E-state index in [1.807, 2.05) is 0 Å². The number of fused-ring (bicyclic) bond motifs is 3. The van der Waals surface area contributed by atoms with Gasteiger partial charge in [-0.15, -0.1) is 0 Å². The van der Waals surface area contributed by atoms with Gasteiger partial charge in [-0.2, -0.15) is 13.2 Å². The largest absolute Gasteiger partial charge is 0.480 e. The lowest BCUT2D eigenvalue weighted by molar-refractivity contribution is -0.140. The van der Waals surface area contributed by atoms with E-state index < -0.39 is 29.7 Å². The van der Waals surface area contributed by atoms with E-state index in [2.05, 4.69) is 5.32 Å². The summed E-state index contributed by atoms with van der Waals surface area (Å²) in [5, 5.41) is 12.0. The number of carboxylic acids is 1. The highest BCUT2D eigenvalue weighted by molar-refractivity contribution is 6.32. The van der Waals surface area contributed by atoms with Crippen LogP contribution in [0.25, 0.3) is 0 Å². The number of anilines is 1. The van der Waals surface area contributed by atoms with Crippen LogP contribution in [0.5, 0.6) is 0 Å². The summed E-state index contributed by atoms with van der Waals surface area (Å²) in [6, 6.07) is 1.04. The molecule has 0 fully saturated rings. The van der Waals surface area contributed by atoms with Crippen molar-refractivity contribution in [2.75, 3.05) is 5.32 Å². The van der Waals surface area contributed by atoms with Gasteiger partial charge in [-0.05, 0) is 18.6 Å². The van der Waals surface area contributed by atoms with Crippen LogP contribution < -0.4 is 5.32 Å². The topological polar surface area (TPSA) is 49.3 Å². The summed E-state index contributed by atoms with van der Waals surface area (Å²) < 4.78 is 39.4. The molecule has 0 bridgehead atoms. The summed E-state index contributed by atoms with van der Waals surface area (Å²) in [4.78, 5) is 11.3. The molecule has 112 valence electrons. The van der Waals surface area contributed by atoms with Crippen LogP contribution in [0.1, 0.15) is 23.5 Å². The standard InChI is InChI=1S/C14H11ClF3NO2/c15-9-5-4-8(14(16,17)18)12-10(9)6-2-1-3-7(6)11(19-12)13(20)21/h1-2,4-7,11,19H,3H2,(H,20,21)/t6-,7+,11-/m1/s1. The SMILES string of the molecule is O=C(O)[C@@H]1Nc2c(C(F)(F)F)ccc(Cl)c2[C@@H]2C=CC[C@H]12. The van der Waals surface area contributed by atoms with Gasteiger partial charge >= 0.3 is 12.1 Å². The first kappa shape index (κ1) is 14.3. The lowest BCUT2D eigenvalue weighted by Gasteiger charge is -2.36. The van der Waals surface area contributed by atoms with Crippen LogP contribution >= 0.6 is 11.6 Å². The van der Waals surface area contributed by atoms with Gasteiger partial charge in [0.25, 0.3) is 0 Å². The Morgan fingerprint density at radius 1 is 1.38 bits per heavy atom. The zero-order valence-electron chi connectivity index (χ0n) is 10.6. The number of carboxylic acid groups (broad SMARTS) is 1. The van der Waals surface area contributed by atoms with Crippen LogP contribution in [0.3, 0.4) is 0 Å². The Morgan fingerprint density at radius 2 is 2.10 bits per heavy atom. The predicted octanol–water partition coefficient (Wildman–Crippen LogP) is 3.90. The maximum Gasteiger partial charge on any atom is 0.418 e. The van der Waals surface area contributed by atoms with Gasteiger partial charge < -0.3 is 10.4 Å². The first-order valence-corrected chi connectivity index (χ1v) is 6.74. The van der Waals surface area contributed by atoms with Gasteiger partial charge in [0, 0.05) is 22.4 Å². The number of rotatable bonds is 1. The summed E-state index contributed by atoms with van der Waals surface area (Å²) in [6.45, 7) is 0. The number of alkyl halides is 3. The van der Waals surface area contributed by atoms with Crippen molar-refractivity contribution in [3.8, 4) is 0 Å². The lowest BCUT2D eigenvalue weighted by Crippen LogP contribution is -2.42. The maximum absolute atomic E-state index is 13.1. The van der Waals surface area contributed by atoms with Crippen LogP contribution in [-0.2, 0) is 11.0 Å². The normalized spacial score (nSPS) is 27.0. The average Bonchev–Trinajstić information content (AvgIpc) is 2.84. The smallest absolute Gasteiger partial charge is 0.418 e. The molecule has 1 heterocycles. The molecule has 1 aliphatic heterocycles. The van der Waals surface area contributed by atoms with Crippen molar-refractivity contribution in [2.45, 2.75) is 24.6 Å². The van der Waals surface area contributed by atoms with Gasteiger partial charge in [-0.25, -0.2) is 4.79 Å². The molecule has 2 N–H and O–H groups in total. The van der Waals surface area contributed by atoms with E-state index in [0.717, 1.165) is 6.07 Å². The highest BCUT2D eigenvalue weighted by Crippen LogP contribution is 2.51. The summed E-state index contributed by atoms with van der Waals surface area (Å²) >= 11 is 6.07. The minimum Gasteiger partial charge on any atom is -0.480 e. The van der Waals surface area contributed by atoms with E-state index in [-0.39, 0.29) is 16.6 Å². The number of hydrogen-bond acceptors (Lipinski definition) is 2. The quantitative estimate of drug-likeness (QED) is 0.772. The maximum atomic E-state index is 13.1. The fourth-order valence-electron chi connectivity index (χ4n) is 3.14. The van der Waals surface area contributed by atoms with Crippen LogP contribution in [0, 0.1) is 5.92 Å². The molecule has 0 saturated carbocycles. The third-order valence-corrected chi connectivity index (χ3v) is 4.37. The Hall–Kier alpha value is -1.69. The third kappa shape index (κ3) is 2.18. The van der Waals surface area contributed by atoms with Crippen molar-refractivity contribution in [1.29, 1.82) is 0 Å². The number of carbonyl (C=O) groups is 1. The summed E-state index contributed by atoms with van der Waals surface area (Å²) in [7, 11) is 0. The number of halogens is 4. The summed E-state index contributed by atoms with van der Waals surface area (Å²) in [5.41, 5.74) is -0.759. The summed E-state index contributed by atoms with van der Waals surface area (Å²) in [5.74, 6) is -1.89. The van der Waals surface area contributed by atoms with Crippen molar-refractivity contribution in [1.82, 2.24) is 0 Å². The third-order valence-electron chi connectivity index (χ3n) is 4.04. The molecular weight excluding hydrogens is 307 g/mol. The zero-order valence-corrected chi connectivity index (χ0v) is 11.4. The van der Waals surface area contributed by atoms with Gasteiger partial charge in [0.15, 0.2) is 0 Å². The Balaban J connectivity index is 2.22. The van der Waals surface area contributed by atoms with Crippen molar-refractivity contribution < 1.29 is 23.1 Å². The van der Waals surface area contributed by atoms with Crippen molar-refractivity contribution >= 4 is 23.3 Å². The number of nitrogens with one attached hydrogen (secondary N) is 1. The molecule has 1 aromatic rings. The minimum atomic E-state index is -4.57. The molecule has 3 nitrogen and oxygen atoms in total. The first-order valence-electron chi connectivity index (χ1n) is 6.36. The van der Waals surface area contributed by atoms with Crippen LogP contribution in [-0.4, -0.2) is 17.1 Å². The first-order chi connectivity index (χ1) is 9.80. The molecule has 3 atom stereocenters. The van der Waals surface area contributed by atoms with Crippen LogP contribution in [0.2, 0.25) is 5.02 Å². The predicted molar refractivity (Wildman–Crippen MR) is 71.5 cm³/mol. The average molecular weight is 318 g/mol. The molecule has 0 saturated heterocycles. The molecular formula is C14H11ClF3NO2. The van der Waals surface area contributed by atoms with E-state index in [9.17, 15) is 23.1 Å². The fraction of sp³-hybridized carbons (Fsp3) is 0.357. The number of allylic oxidation sites excluding steroid dienone is 2. The van der Waals surface area contributed by atoms with Crippen LogP contribution in [0.15, 0.2) is 24.3 Å². The van der Waals surface area contributed by atoms with Gasteiger partial charge in [0.2, 0.25) is 0 Å². The number of benzene rings is 1. The molecule has 0 aromatic heterocycles. The van der Waals surface area contributed by atoms with Gasteiger partial charge in [-0.3, -0.25) is 0 Å². The summed E-state index contributed by atoms with van der Waals surface area (Å²) in [6.07, 6.45) is -0.536. The lowest BCUT2D eigenvalue weighted by atomic mass is 9.78. The second-order valence-electron chi connectivity index (χ2n) is 5.20. The Bertz CT molecular complexity index is 642. The van der Waals surface area contributed by atoms with E-state index >= 15 is 0 Å². The van der Waals surface area contributed by atoms with Gasteiger partial charge in [0.05, 0.1) is 11.3 Å². The fourth-order valence-corrected chi connectivity index (χ4v) is 3.43.